The van der Waals surface area contributed by atoms with Crippen LogP contribution in [-0.4, -0.2) is 16.7 Å². The maximum Gasteiger partial charge on any atom is 0.101 e. The summed E-state index contributed by atoms with van der Waals surface area (Å²) >= 11 is 0. The van der Waals surface area contributed by atoms with Gasteiger partial charge in [0.2, 0.25) is 0 Å². The Kier molecular flexibility index (Phi) is 3.67. The van der Waals surface area contributed by atoms with Gasteiger partial charge in [-0.1, -0.05) is 31.4 Å². The normalized spacial score (nSPS) is 33.0. The van der Waals surface area contributed by atoms with E-state index in [1.165, 1.54) is 12.8 Å². The molecule has 2 N–H and O–H groups in total. The van der Waals surface area contributed by atoms with E-state index in [0.717, 1.165) is 37.8 Å². The molecule has 0 bridgehead atoms. The predicted molar refractivity (Wildman–Crippen MR) is 79.3 cm³/mol. The van der Waals surface area contributed by atoms with Crippen LogP contribution in [0, 0.1) is 17.2 Å². The highest BCUT2D eigenvalue weighted by Gasteiger charge is 2.47. The van der Waals surface area contributed by atoms with E-state index in [9.17, 15) is 10.4 Å². The molecule has 3 nitrogen and oxygen atoms in total. The lowest BCUT2D eigenvalue weighted by Gasteiger charge is -2.49. The minimum Gasteiger partial charge on any atom is -0.387 e. The van der Waals surface area contributed by atoms with Crippen molar-refractivity contribution in [1.82, 2.24) is 0 Å². The molecule has 106 valence electrons. The minimum absolute atomic E-state index is 0.0797. The lowest BCUT2D eigenvalue weighted by Crippen LogP contribution is -2.56. The van der Waals surface area contributed by atoms with E-state index in [1.807, 2.05) is 24.3 Å². The zero-order valence-electron chi connectivity index (χ0n) is 11.8. The van der Waals surface area contributed by atoms with Gasteiger partial charge in [0, 0.05) is 0 Å². The van der Waals surface area contributed by atoms with Crippen molar-refractivity contribution >= 4 is 5.69 Å². The van der Waals surface area contributed by atoms with Crippen LogP contribution < -0.4 is 5.32 Å². The van der Waals surface area contributed by atoms with Gasteiger partial charge in [0.15, 0.2) is 0 Å². The number of nitriles is 1. The molecule has 0 aromatic heterocycles. The first kappa shape index (κ1) is 13.5. The van der Waals surface area contributed by atoms with Crippen LogP contribution >= 0.6 is 0 Å². The standard InChI is InChI=1S/C17H22N2O/c18-12-13-6-1-2-9-15(13)19-16-10-5-8-14-7-3-4-11-17(14,16)20/h1-2,6,9,14,16,19-20H,3-5,7-8,10-11H2/t14-,16?,17-/m1/s1. The van der Waals surface area contributed by atoms with Crippen molar-refractivity contribution < 1.29 is 5.11 Å². The first-order chi connectivity index (χ1) is 9.74. The highest BCUT2D eigenvalue weighted by atomic mass is 16.3. The molecule has 0 saturated heterocycles. The van der Waals surface area contributed by atoms with Crippen LogP contribution in [-0.2, 0) is 0 Å². The van der Waals surface area contributed by atoms with Crippen molar-refractivity contribution in [3.8, 4) is 6.07 Å². The zero-order valence-corrected chi connectivity index (χ0v) is 11.8. The van der Waals surface area contributed by atoms with Crippen LogP contribution in [0.1, 0.15) is 50.5 Å². The summed E-state index contributed by atoms with van der Waals surface area (Å²) in [6.07, 6.45) is 7.71. The molecule has 3 heteroatoms. The molecule has 0 spiro atoms. The van der Waals surface area contributed by atoms with Gasteiger partial charge in [0.05, 0.1) is 22.9 Å². The molecule has 3 atom stereocenters. The predicted octanol–water partition coefficient (Wildman–Crippen LogP) is 3.44. The van der Waals surface area contributed by atoms with Crippen LogP contribution in [0.4, 0.5) is 5.69 Å². The van der Waals surface area contributed by atoms with Crippen molar-refractivity contribution in [1.29, 1.82) is 5.26 Å². The van der Waals surface area contributed by atoms with Crippen LogP contribution in [0.3, 0.4) is 0 Å². The third-order valence-electron chi connectivity index (χ3n) is 5.11. The van der Waals surface area contributed by atoms with Crippen molar-refractivity contribution in [3.05, 3.63) is 29.8 Å². The van der Waals surface area contributed by atoms with Gasteiger partial charge in [-0.3, -0.25) is 0 Å². The van der Waals surface area contributed by atoms with Crippen molar-refractivity contribution in [3.63, 3.8) is 0 Å². The van der Waals surface area contributed by atoms with Gasteiger partial charge in [-0.2, -0.15) is 5.26 Å². The van der Waals surface area contributed by atoms with E-state index in [-0.39, 0.29) is 6.04 Å². The molecule has 1 aromatic carbocycles. The molecule has 2 aliphatic carbocycles. The lowest BCUT2D eigenvalue weighted by molar-refractivity contribution is -0.0835. The Balaban J connectivity index is 1.84. The van der Waals surface area contributed by atoms with Crippen LogP contribution in [0.15, 0.2) is 24.3 Å². The Morgan fingerprint density at radius 1 is 1.15 bits per heavy atom. The molecule has 0 amide bonds. The minimum atomic E-state index is -0.584. The number of hydrogen-bond acceptors (Lipinski definition) is 3. The molecule has 1 unspecified atom stereocenters. The van der Waals surface area contributed by atoms with Crippen molar-refractivity contribution in [2.75, 3.05) is 5.32 Å². The van der Waals surface area contributed by atoms with Crippen LogP contribution in [0.2, 0.25) is 0 Å². The summed E-state index contributed by atoms with van der Waals surface area (Å²) in [6, 6.07) is 9.89. The molecule has 0 radical (unpaired) electrons. The largest absolute Gasteiger partial charge is 0.387 e. The summed E-state index contributed by atoms with van der Waals surface area (Å²) in [4.78, 5) is 0. The fourth-order valence-corrected chi connectivity index (χ4v) is 4.02. The third kappa shape index (κ3) is 2.29. The van der Waals surface area contributed by atoms with Gasteiger partial charge in [0.25, 0.3) is 0 Å². The van der Waals surface area contributed by atoms with Crippen molar-refractivity contribution in [2.45, 2.75) is 56.6 Å². The number of hydrogen-bond donors (Lipinski definition) is 2. The van der Waals surface area contributed by atoms with E-state index < -0.39 is 5.60 Å². The molecule has 2 fully saturated rings. The Bertz CT molecular complexity index is 520. The Morgan fingerprint density at radius 3 is 2.80 bits per heavy atom. The second-order valence-electron chi connectivity index (χ2n) is 6.22. The number of aliphatic hydroxyl groups is 1. The number of para-hydroxylation sites is 1. The third-order valence-corrected chi connectivity index (χ3v) is 5.11. The summed E-state index contributed by atoms with van der Waals surface area (Å²) in [7, 11) is 0. The quantitative estimate of drug-likeness (QED) is 0.865. The van der Waals surface area contributed by atoms with E-state index in [2.05, 4.69) is 11.4 Å². The fourth-order valence-electron chi connectivity index (χ4n) is 4.02. The second kappa shape index (κ2) is 5.46. The molecule has 2 saturated carbocycles. The molecule has 0 heterocycles. The first-order valence-electron chi connectivity index (χ1n) is 7.72. The number of benzene rings is 1. The average Bonchev–Trinajstić information content (AvgIpc) is 2.48. The molecular weight excluding hydrogens is 248 g/mol. The Morgan fingerprint density at radius 2 is 1.95 bits per heavy atom. The molecule has 0 aliphatic heterocycles. The average molecular weight is 270 g/mol. The van der Waals surface area contributed by atoms with Crippen LogP contribution in [0.25, 0.3) is 0 Å². The molecule has 3 rings (SSSR count). The number of nitrogens with one attached hydrogen (secondary N) is 1. The van der Waals surface area contributed by atoms with Crippen LogP contribution in [0.5, 0.6) is 0 Å². The van der Waals surface area contributed by atoms with E-state index in [1.54, 1.807) is 0 Å². The Hall–Kier alpha value is -1.53. The van der Waals surface area contributed by atoms with Gasteiger partial charge in [0.1, 0.15) is 6.07 Å². The summed E-state index contributed by atoms with van der Waals surface area (Å²) < 4.78 is 0. The molecular formula is C17H22N2O. The highest BCUT2D eigenvalue weighted by Crippen LogP contribution is 2.44. The second-order valence-corrected chi connectivity index (χ2v) is 6.22. The fraction of sp³-hybridized carbons (Fsp3) is 0.588. The van der Waals surface area contributed by atoms with E-state index in [4.69, 9.17) is 0 Å². The number of nitrogens with zero attached hydrogens (tertiary/aromatic N) is 1. The highest BCUT2D eigenvalue weighted by molar-refractivity contribution is 5.58. The maximum atomic E-state index is 11.1. The van der Waals surface area contributed by atoms with Gasteiger partial charge in [-0.15, -0.1) is 0 Å². The maximum absolute atomic E-state index is 11.1. The first-order valence-corrected chi connectivity index (χ1v) is 7.72. The molecule has 1 aromatic rings. The SMILES string of the molecule is N#Cc1ccccc1NC1CCC[C@H]2CCCC[C@]12O. The van der Waals surface area contributed by atoms with Crippen molar-refractivity contribution in [2.24, 2.45) is 5.92 Å². The monoisotopic (exact) mass is 270 g/mol. The van der Waals surface area contributed by atoms with E-state index >= 15 is 0 Å². The van der Waals surface area contributed by atoms with Gasteiger partial charge >= 0.3 is 0 Å². The number of fused-ring (bicyclic) bond motifs is 1. The van der Waals surface area contributed by atoms with E-state index in [0.29, 0.717) is 11.5 Å². The summed E-state index contributed by atoms with van der Waals surface area (Å²) in [6.45, 7) is 0. The summed E-state index contributed by atoms with van der Waals surface area (Å²) in [5.41, 5.74) is 0.938. The Labute approximate surface area is 120 Å². The zero-order chi connectivity index (χ0) is 14.0. The summed E-state index contributed by atoms with van der Waals surface area (Å²) in [5, 5.41) is 23.8. The lowest BCUT2D eigenvalue weighted by atomic mass is 9.65. The molecule has 2 aliphatic rings. The smallest absolute Gasteiger partial charge is 0.101 e. The molecule has 20 heavy (non-hydrogen) atoms. The van der Waals surface area contributed by atoms with Gasteiger partial charge < -0.3 is 10.4 Å². The van der Waals surface area contributed by atoms with Gasteiger partial charge in [-0.25, -0.2) is 0 Å². The van der Waals surface area contributed by atoms with Gasteiger partial charge in [-0.05, 0) is 43.7 Å². The topological polar surface area (TPSA) is 56.0 Å². The number of rotatable bonds is 2. The number of anilines is 1. The summed E-state index contributed by atoms with van der Waals surface area (Å²) in [5.74, 6) is 0.428.